The number of benzene rings is 2. The van der Waals surface area contributed by atoms with Crippen molar-refractivity contribution in [3.63, 3.8) is 0 Å². The molecular weight excluding hydrogens is 334 g/mol. The first-order valence-electron chi connectivity index (χ1n) is 6.44. The molecule has 0 heterocycles. The molecule has 0 aliphatic heterocycles. The van der Waals surface area contributed by atoms with Crippen molar-refractivity contribution in [1.29, 1.82) is 0 Å². The SMILES string of the molecule is CCc1cccc(NC(=O)CSc2ccc(Br)cc2)c1. The van der Waals surface area contributed by atoms with E-state index < -0.39 is 0 Å². The molecular formula is C16H16BrNOS. The van der Waals surface area contributed by atoms with Gasteiger partial charge in [-0.05, 0) is 48.4 Å². The molecule has 20 heavy (non-hydrogen) atoms. The molecule has 0 aliphatic rings. The summed E-state index contributed by atoms with van der Waals surface area (Å²) < 4.78 is 1.04. The Balaban J connectivity index is 1.87. The second kappa shape index (κ2) is 7.50. The van der Waals surface area contributed by atoms with Crippen LogP contribution >= 0.6 is 27.7 Å². The Bertz CT molecular complexity index is 583. The number of rotatable bonds is 5. The van der Waals surface area contributed by atoms with E-state index in [4.69, 9.17) is 0 Å². The van der Waals surface area contributed by atoms with Crippen molar-refractivity contribution in [2.24, 2.45) is 0 Å². The summed E-state index contributed by atoms with van der Waals surface area (Å²) in [6, 6.07) is 15.9. The highest BCUT2D eigenvalue weighted by Crippen LogP contribution is 2.21. The van der Waals surface area contributed by atoms with Gasteiger partial charge in [0, 0.05) is 15.1 Å². The summed E-state index contributed by atoms with van der Waals surface area (Å²) in [5, 5.41) is 2.93. The number of aryl methyl sites for hydroxylation is 1. The van der Waals surface area contributed by atoms with Crippen LogP contribution in [0.2, 0.25) is 0 Å². The van der Waals surface area contributed by atoms with Gasteiger partial charge >= 0.3 is 0 Å². The van der Waals surface area contributed by atoms with Crippen LogP contribution in [0.25, 0.3) is 0 Å². The van der Waals surface area contributed by atoms with Gasteiger partial charge < -0.3 is 5.32 Å². The lowest BCUT2D eigenvalue weighted by Crippen LogP contribution is -2.14. The van der Waals surface area contributed by atoms with Crippen LogP contribution < -0.4 is 5.32 Å². The minimum Gasteiger partial charge on any atom is -0.325 e. The van der Waals surface area contributed by atoms with Crippen LogP contribution in [-0.2, 0) is 11.2 Å². The van der Waals surface area contributed by atoms with Crippen LogP contribution in [0.3, 0.4) is 0 Å². The summed E-state index contributed by atoms with van der Waals surface area (Å²) >= 11 is 4.93. The average Bonchev–Trinajstić information content (AvgIpc) is 2.47. The predicted molar refractivity (Wildman–Crippen MR) is 89.3 cm³/mol. The third-order valence-corrected chi connectivity index (χ3v) is 4.34. The highest BCUT2D eigenvalue weighted by atomic mass is 79.9. The minimum absolute atomic E-state index is 0.0196. The zero-order valence-corrected chi connectivity index (χ0v) is 13.6. The van der Waals surface area contributed by atoms with Gasteiger partial charge in [0.25, 0.3) is 0 Å². The summed E-state index contributed by atoms with van der Waals surface area (Å²) in [7, 11) is 0. The third kappa shape index (κ3) is 4.69. The maximum Gasteiger partial charge on any atom is 0.234 e. The van der Waals surface area contributed by atoms with Crippen molar-refractivity contribution in [3.05, 3.63) is 58.6 Å². The van der Waals surface area contributed by atoms with Gasteiger partial charge in [0.2, 0.25) is 5.91 Å². The number of hydrogen-bond acceptors (Lipinski definition) is 2. The normalized spacial score (nSPS) is 10.3. The van der Waals surface area contributed by atoms with Crippen LogP contribution in [0.5, 0.6) is 0 Å². The topological polar surface area (TPSA) is 29.1 Å². The molecule has 0 aliphatic carbocycles. The lowest BCUT2D eigenvalue weighted by Gasteiger charge is -2.06. The summed E-state index contributed by atoms with van der Waals surface area (Å²) in [6.07, 6.45) is 0.970. The van der Waals surface area contributed by atoms with E-state index in [9.17, 15) is 4.79 Å². The fraction of sp³-hybridized carbons (Fsp3) is 0.188. The molecule has 0 saturated heterocycles. The van der Waals surface area contributed by atoms with Gasteiger partial charge in [-0.3, -0.25) is 4.79 Å². The van der Waals surface area contributed by atoms with E-state index in [0.29, 0.717) is 5.75 Å². The summed E-state index contributed by atoms with van der Waals surface area (Å²) in [5.41, 5.74) is 2.09. The first-order valence-corrected chi connectivity index (χ1v) is 8.22. The van der Waals surface area contributed by atoms with E-state index in [1.54, 1.807) is 0 Å². The van der Waals surface area contributed by atoms with Gasteiger partial charge in [-0.2, -0.15) is 0 Å². The molecule has 1 N–H and O–H groups in total. The maximum atomic E-state index is 11.9. The second-order valence-electron chi connectivity index (χ2n) is 4.34. The first kappa shape index (κ1) is 15.1. The van der Waals surface area contributed by atoms with Crippen molar-refractivity contribution < 1.29 is 4.79 Å². The Morgan fingerprint density at radius 1 is 1.20 bits per heavy atom. The molecule has 104 valence electrons. The van der Waals surface area contributed by atoms with Gasteiger partial charge in [0.05, 0.1) is 5.75 Å². The minimum atomic E-state index is 0.0196. The number of carbonyl (C=O) groups excluding carboxylic acids is 1. The molecule has 0 atom stereocenters. The lowest BCUT2D eigenvalue weighted by atomic mass is 10.1. The van der Waals surface area contributed by atoms with Gasteiger partial charge in [0.1, 0.15) is 0 Å². The molecule has 2 aromatic carbocycles. The van der Waals surface area contributed by atoms with Crippen molar-refractivity contribution in [2.45, 2.75) is 18.2 Å². The molecule has 0 spiro atoms. The largest absolute Gasteiger partial charge is 0.325 e. The summed E-state index contributed by atoms with van der Waals surface area (Å²) in [5.74, 6) is 0.434. The molecule has 2 aromatic rings. The number of carbonyl (C=O) groups is 1. The monoisotopic (exact) mass is 349 g/mol. The fourth-order valence-corrected chi connectivity index (χ4v) is 2.71. The Labute approximate surface area is 132 Å². The maximum absolute atomic E-state index is 11.9. The number of hydrogen-bond donors (Lipinski definition) is 1. The molecule has 2 rings (SSSR count). The zero-order chi connectivity index (χ0) is 14.4. The van der Waals surface area contributed by atoms with Crippen molar-refractivity contribution in [3.8, 4) is 0 Å². The van der Waals surface area contributed by atoms with Crippen molar-refractivity contribution >= 4 is 39.3 Å². The molecule has 4 heteroatoms. The van der Waals surface area contributed by atoms with Crippen LogP contribution in [0.4, 0.5) is 5.69 Å². The molecule has 0 bridgehead atoms. The molecule has 0 aromatic heterocycles. The van der Waals surface area contributed by atoms with Crippen molar-refractivity contribution in [2.75, 3.05) is 11.1 Å². The quantitative estimate of drug-likeness (QED) is 0.789. The number of nitrogens with one attached hydrogen (secondary N) is 1. The molecule has 0 unspecified atom stereocenters. The van der Waals surface area contributed by atoms with E-state index in [-0.39, 0.29) is 5.91 Å². The van der Waals surface area contributed by atoms with E-state index in [2.05, 4.69) is 34.2 Å². The van der Waals surface area contributed by atoms with E-state index >= 15 is 0 Å². The molecule has 2 nitrogen and oxygen atoms in total. The third-order valence-electron chi connectivity index (χ3n) is 2.80. The van der Waals surface area contributed by atoms with Gasteiger partial charge in [0.15, 0.2) is 0 Å². The molecule has 1 amide bonds. The predicted octanol–water partition coefficient (Wildman–Crippen LogP) is 4.74. The zero-order valence-electron chi connectivity index (χ0n) is 11.2. The molecule has 0 radical (unpaired) electrons. The highest BCUT2D eigenvalue weighted by molar-refractivity contribution is 9.10. The number of anilines is 1. The Morgan fingerprint density at radius 3 is 2.65 bits per heavy atom. The highest BCUT2D eigenvalue weighted by Gasteiger charge is 2.04. The van der Waals surface area contributed by atoms with Crippen LogP contribution in [0.15, 0.2) is 57.9 Å². The van der Waals surface area contributed by atoms with Crippen LogP contribution in [0, 0.1) is 0 Å². The van der Waals surface area contributed by atoms with E-state index in [0.717, 1.165) is 21.5 Å². The van der Waals surface area contributed by atoms with Gasteiger partial charge in [-0.1, -0.05) is 35.0 Å². The summed E-state index contributed by atoms with van der Waals surface area (Å²) in [4.78, 5) is 13.0. The van der Waals surface area contributed by atoms with E-state index in [1.807, 2.05) is 42.5 Å². The number of halogens is 1. The first-order chi connectivity index (χ1) is 9.67. The van der Waals surface area contributed by atoms with Crippen molar-refractivity contribution in [1.82, 2.24) is 0 Å². The fourth-order valence-electron chi connectivity index (χ4n) is 1.75. The van der Waals surface area contributed by atoms with Crippen LogP contribution in [-0.4, -0.2) is 11.7 Å². The Morgan fingerprint density at radius 2 is 1.95 bits per heavy atom. The van der Waals surface area contributed by atoms with Gasteiger partial charge in [-0.25, -0.2) is 0 Å². The second-order valence-corrected chi connectivity index (χ2v) is 6.31. The smallest absolute Gasteiger partial charge is 0.234 e. The Hall–Kier alpha value is -1.26. The lowest BCUT2D eigenvalue weighted by molar-refractivity contribution is -0.113. The average molecular weight is 350 g/mol. The number of amides is 1. The standard InChI is InChI=1S/C16H16BrNOS/c1-2-12-4-3-5-14(10-12)18-16(19)11-20-15-8-6-13(17)7-9-15/h3-10H,2,11H2,1H3,(H,18,19). The van der Waals surface area contributed by atoms with Crippen LogP contribution in [0.1, 0.15) is 12.5 Å². The van der Waals surface area contributed by atoms with Gasteiger partial charge in [-0.15, -0.1) is 11.8 Å². The van der Waals surface area contributed by atoms with E-state index in [1.165, 1.54) is 17.3 Å². The molecule has 0 saturated carbocycles. The number of thioether (sulfide) groups is 1. The Kier molecular flexibility index (Phi) is 5.68. The molecule has 0 fully saturated rings. The summed E-state index contributed by atoms with van der Waals surface area (Å²) in [6.45, 7) is 2.10.